The predicted molar refractivity (Wildman–Crippen MR) is 93.8 cm³/mol. The maximum atomic E-state index is 4.36. The van der Waals surface area contributed by atoms with Gasteiger partial charge in [-0.05, 0) is 31.0 Å². The summed E-state index contributed by atoms with van der Waals surface area (Å²) in [5.41, 5.74) is 1.36. The smallest absolute Gasteiger partial charge is 0.124 e. The monoisotopic (exact) mass is 311 g/mol. The van der Waals surface area contributed by atoms with Gasteiger partial charge < -0.3 is 15.5 Å². The Labute approximate surface area is 137 Å². The van der Waals surface area contributed by atoms with Gasteiger partial charge in [0.25, 0.3) is 0 Å². The number of hydrogen-bond donors (Lipinski definition) is 2. The molecule has 2 atom stereocenters. The van der Waals surface area contributed by atoms with E-state index >= 15 is 0 Å². The van der Waals surface area contributed by atoms with Crippen molar-refractivity contribution < 1.29 is 0 Å². The van der Waals surface area contributed by atoms with Crippen LogP contribution in [-0.4, -0.2) is 42.5 Å². The van der Waals surface area contributed by atoms with Crippen LogP contribution in [-0.2, 0) is 6.54 Å². The Morgan fingerprint density at radius 1 is 1.09 bits per heavy atom. The molecule has 4 rings (SSSR count). The Balaban J connectivity index is 1.21. The molecule has 1 aromatic carbocycles. The second-order valence-corrected chi connectivity index (χ2v) is 6.74. The van der Waals surface area contributed by atoms with Gasteiger partial charge in [-0.25, -0.2) is 4.68 Å². The Morgan fingerprint density at radius 2 is 1.96 bits per heavy atom. The molecule has 2 N–H and O–H groups in total. The van der Waals surface area contributed by atoms with Gasteiger partial charge in [0.1, 0.15) is 5.82 Å². The highest BCUT2D eigenvalue weighted by atomic mass is 15.3. The van der Waals surface area contributed by atoms with Crippen molar-refractivity contribution >= 4 is 11.5 Å². The van der Waals surface area contributed by atoms with E-state index in [0.29, 0.717) is 5.92 Å². The van der Waals surface area contributed by atoms with Gasteiger partial charge in [0.05, 0.1) is 6.20 Å². The van der Waals surface area contributed by atoms with Crippen molar-refractivity contribution in [1.82, 2.24) is 15.1 Å². The third-order valence-electron chi connectivity index (χ3n) is 4.99. The topological polar surface area (TPSA) is 45.1 Å². The number of nitrogens with one attached hydrogen (secondary N) is 2. The number of hydrogen-bond acceptors (Lipinski definition) is 4. The van der Waals surface area contributed by atoms with E-state index < -0.39 is 0 Å². The summed E-state index contributed by atoms with van der Waals surface area (Å²) in [4.78, 5) is 2.50. The fourth-order valence-corrected chi connectivity index (χ4v) is 3.69. The molecule has 5 heteroatoms. The third-order valence-corrected chi connectivity index (χ3v) is 4.99. The van der Waals surface area contributed by atoms with Crippen LogP contribution in [0.3, 0.4) is 0 Å². The predicted octanol–water partition coefficient (Wildman–Crippen LogP) is 2.04. The van der Waals surface area contributed by atoms with Gasteiger partial charge in [-0.2, -0.15) is 5.10 Å². The Bertz CT molecular complexity index is 623. The maximum absolute atomic E-state index is 4.36. The van der Waals surface area contributed by atoms with Crippen LogP contribution in [0.4, 0.5) is 11.5 Å². The van der Waals surface area contributed by atoms with Gasteiger partial charge in [0.15, 0.2) is 0 Å². The number of fused-ring (bicyclic) bond motifs is 1. The molecule has 0 unspecified atom stereocenters. The Morgan fingerprint density at radius 3 is 2.87 bits per heavy atom. The van der Waals surface area contributed by atoms with Gasteiger partial charge >= 0.3 is 0 Å². The minimum Gasteiger partial charge on any atom is -0.371 e. The van der Waals surface area contributed by atoms with Gasteiger partial charge in [-0.3, -0.25) is 0 Å². The van der Waals surface area contributed by atoms with Crippen LogP contribution in [0.1, 0.15) is 6.42 Å². The van der Waals surface area contributed by atoms with E-state index in [1.807, 2.05) is 12.3 Å². The maximum Gasteiger partial charge on any atom is 0.124 e. The van der Waals surface area contributed by atoms with E-state index in [0.717, 1.165) is 37.9 Å². The highest BCUT2D eigenvalue weighted by Crippen LogP contribution is 2.23. The van der Waals surface area contributed by atoms with Crippen LogP contribution in [0.5, 0.6) is 0 Å². The minimum atomic E-state index is 0.619. The molecule has 0 spiro atoms. The first-order valence-electron chi connectivity index (χ1n) is 8.65. The van der Waals surface area contributed by atoms with Crippen molar-refractivity contribution in [3.8, 4) is 0 Å². The zero-order chi connectivity index (χ0) is 15.5. The van der Waals surface area contributed by atoms with E-state index in [-0.39, 0.29) is 0 Å². The van der Waals surface area contributed by atoms with E-state index in [9.17, 15) is 0 Å². The molecule has 0 saturated carbocycles. The van der Waals surface area contributed by atoms with Crippen LogP contribution < -0.4 is 15.5 Å². The standard InChI is InChI=1S/C18H25N5/c1-2-4-17(5-3-1)22-9-7-15(13-22)10-19-11-16-12-20-18-6-8-21-23(18)14-16/h1-6,8,15-16,19-20H,7,9-14H2/t15-,16+/m1/s1. The quantitative estimate of drug-likeness (QED) is 0.887. The van der Waals surface area contributed by atoms with Crippen molar-refractivity contribution in [2.24, 2.45) is 11.8 Å². The molecule has 1 fully saturated rings. The van der Waals surface area contributed by atoms with Crippen molar-refractivity contribution in [2.75, 3.05) is 42.9 Å². The zero-order valence-corrected chi connectivity index (χ0v) is 13.5. The van der Waals surface area contributed by atoms with Crippen LogP contribution in [0.25, 0.3) is 0 Å². The van der Waals surface area contributed by atoms with Crippen LogP contribution in [0.15, 0.2) is 42.6 Å². The summed E-state index contributed by atoms with van der Waals surface area (Å²) >= 11 is 0. The third kappa shape index (κ3) is 3.34. The summed E-state index contributed by atoms with van der Waals surface area (Å²) in [6.45, 7) is 6.59. The van der Waals surface area contributed by atoms with E-state index in [1.165, 1.54) is 25.2 Å². The normalized spacial score (nSPS) is 23.6. The minimum absolute atomic E-state index is 0.619. The van der Waals surface area contributed by atoms with E-state index in [2.05, 4.69) is 55.6 Å². The highest BCUT2D eigenvalue weighted by Gasteiger charge is 2.23. The number of nitrogens with zero attached hydrogens (tertiary/aromatic N) is 3. The average molecular weight is 311 g/mol. The second-order valence-electron chi connectivity index (χ2n) is 6.74. The molecule has 2 aromatic rings. The zero-order valence-electron chi connectivity index (χ0n) is 13.5. The van der Waals surface area contributed by atoms with Crippen LogP contribution >= 0.6 is 0 Å². The second kappa shape index (κ2) is 6.62. The number of anilines is 2. The lowest BCUT2D eigenvalue weighted by Crippen LogP contribution is -2.37. The Hall–Kier alpha value is -2.01. The molecular formula is C18H25N5. The van der Waals surface area contributed by atoms with Crippen LogP contribution in [0.2, 0.25) is 0 Å². The molecule has 0 aliphatic carbocycles. The number of aromatic nitrogens is 2. The van der Waals surface area contributed by atoms with Gasteiger partial charge in [-0.1, -0.05) is 18.2 Å². The summed E-state index contributed by atoms with van der Waals surface area (Å²) in [7, 11) is 0. The van der Waals surface area contributed by atoms with Crippen molar-refractivity contribution in [1.29, 1.82) is 0 Å². The SMILES string of the molecule is c1ccc(N2CC[C@H](CNC[C@H]3CNc4ccnn4C3)C2)cc1. The molecular weight excluding hydrogens is 286 g/mol. The first-order valence-corrected chi connectivity index (χ1v) is 8.65. The molecule has 0 bridgehead atoms. The molecule has 1 aromatic heterocycles. The van der Waals surface area contributed by atoms with Gasteiger partial charge in [0, 0.05) is 50.4 Å². The molecule has 2 aliphatic heterocycles. The molecule has 1 saturated heterocycles. The number of benzene rings is 1. The lowest BCUT2D eigenvalue weighted by atomic mass is 10.1. The molecule has 2 aliphatic rings. The first kappa shape index (κ1) is 14.6. The molecule has 0 amide bonds. The number of rotatable bonds is 5. The number of para-hydroxylation sites is 1. The highest BCUT2D eigenvalue weighted by molar-refractivity contribution is 5.46. The summed E-state index contributed by atoms with van der Waals surface area (Å²) in [5.74, 6) is 2.52. The molecule has 5 nitrogen and oxygen atoms in total. The summed E-state index contributed by atoms with van der Waals surface area (Å²) in [5, 5.41) is 11.5. The first-order chi connectivity index (χ1) is 11.4. The molecule has 3 heterocycles. The van der Waals surface area contributed by atoms with Crippen molar-refractivity contribution in [3.05, 3.63) is 42.6 Å². The molecule has 122 valence electrons. The fourth-order valence-electron chi connectivity index (χ4n) is 3.69. The summed E-state index contributed by atoms with van der Waals surface area (Å²) in [6.07, 6.45) is 3.16. The average Bonchev–Trinajstić information content (AvgIpc) is 3.24. The van der Waals surface area contributed by atoms with E-state index in [1.54, 1.807) is 0 Å². The van der Waals surface area contributed by atoms with Crippen molar-refractivity contribution in [3.63, 3.8) is 0 Å². The largest absolute Gasteiger partial charge is 0.371 e. The lowest BCUT2D eigenvalue weighted by molar-refractivity contribution is 0.379. The van der Waals surface area contributed by atoms with Crippen molar-refractivity contribution in [2.45, 2.75) is 13.0 Å². The van der Waals surface area contributed by atoms with E-state index in [4.69, 9.17) is 0 Å². The van der Waals surface area contributed by atoms with Gasteiger partial charge in [0.2, 0.25) is 0 Å². The summed E-state index contributed by atoms with van der Waals surface area (Å²) in [6, 6.07) is 12.8. The summed E-state index contributed by atoms with van der Waals surface area (Å²) < 4.78 is 2.07. The lowest BCUT2D eigenvalue weighted by Gasteiger charge is -2.25. The van der Waals surface area contributed by atoms with Crippen LogP contribution in [0, 0.1) is 11.8 Å². The molecule has 23 heavy (non-hydrogen) atoms. The van der Waals surface area contributed by atoms with Gasteiger partial charge in [-0.15, -0.1) is 0 Å². The Kier molecular flexibility index (Phi) is 4.20. The fraction of sp³-hybridized carbons (Fsp3) is 0.500. The molecule has 0 radical (unpaired) electrons.